The standard InChI is InChI=1S/C26H36O5/c1-26(2)24(29)21(13-9-4-5-10-14-23(28)31-3)22(25(26)30)18-17-20(27)16-15-19-11-7-6-8-12-19/h4,6-9,11-12,17-18,20-22,25,27,30H,5,10,13-16H2,1-3H3. The van der Waals surface area contributed by atoms with E-state index >= 15 is 0 Å². The first-order valence-corrected chi connectivity index (χ1v) is 11.1. The van der Waals surface area contributed by atoms with Crippen molar-refractivity contribution in [3.8, 4) is 0 Å². The number of rotatable bonds is 11. The summed E-state index contributed by atoms with van der Waals surface area (Å²) >= 11 is 0. The van der Waals surface area contributed by atoms with Gasteiger partial charge >= 0.3 is 5.97 Å². The summed E-state index contributed by atoms with van der Waals surface area (Å²) in [5, 5.41) is 21.2. The van der Waals surface area contributed by atoms with Gasteiger partial charge in [0.1, 0.15) is 5.78 Å². The predicted molar refractivity (Wildman–Crippen MR) is 121 cm³/mol. The molecular formula is C26H36O5. The Balaban J connectivity index is 1.93. The molecule has 1 aliphatic rings. The second-order valence-electron chi connectivity index (χ2n) is 8.87. The first kappa shape index (κ1) is 25.0. The highest BCUT2D eigenvalue weighted by Gasteiger charge is 2.52. The molecule has 5 nitrogen and oxygen atoms in total. The highest BCUT2D eigenvalue weighted by molar-refractivity contribution is 5.90. The van der Waals surface area contributed by atoms with E-state index in [0.717, 1.165) is 12.8 Å². The lowest BCUT2D eigenvalue weighted by Crippen LogP contribution is -2.31. The third-order valence-corrected chi connectivity index (χ3v) is 6.20. The molecule has 0 radical (unpaired) electrons. The minimum absolute atomic E-state index is 0.0487. The van der Waals surface area contributed by atoms with Gasteiger partial charge in [-0.15, -0.1) is 0 Å². The fourth-order valence-electron chi connectivity index (χ4n) is 4.14. The van der Waals surface area contributed by atoms with Gasteiger partial charge in [0.05, 0.1) is 24.7 Å². The fourth-order valence-corrected chi connectivity index (χ4v) is 4.14. The van der Waals surface area contributed by atoms with Crippen LogP contribution < -0.4 is 0 Å². The number of ether oxygens (including phenoxy) is 1. The van der Waals surface area contributed by atoms with Crippen molar-refractivity contribution in [1.29, 1.82) is 0 Å². The van der Waals surface area contributed by atoms with Crippen LogP contribution in [0.5, 0.6) is 0 Å². The largest absolute Gasteiger partial charge is 0.469 e. The Morgan fingerprint density at radius 2 is 1.94 bits per heavy atom. The third-order valence-electron chi connectivity index (χ3n) is 6.20. The molecule has 4 atom stereocenters. The molecule has 1 aromatic carbocycles. The molecule has 1 saturated carbocycles. The van der Waals surface area contributed by atoms with Crippen LogP contribution in [0.15, 0.2) is 54.6 Å². The van der Waals surface area contributed by atoms with E-state index in [9.17, 15) is 19.8 Å². The molecule has 31 heavy (non-hydrogen) atoms. The van der Waals surface area contributed by atoms with Crippen molar-refractivity contribution in [3.63, 3.8) is 0 Å². The van der Waals surface area contributed by atoms with Crippen molar-refractivity contribution in [2.75, 3.05) is 7.11 Å². The lowest BCUT2D eigenvalue weighted by Gasteiger charge is -2.22. The van der Waals surface area contributed by atoms with E-state index in [4.69, 9.17) is 0 Å². The number of aliphatic hydroxyl groups is 2. The minimum Gasteiger partial charge on any atom is -0.469 e. The zero-order valence-corrected chi connectivity index (χ0v) is 18.9. The molecule has 0 amide bonds. The summed E-state index contributed by atoms with van der Waals surface area (Å²) in [6.07, 6.45) is 9.77. The molecule has 0 aromatic heterocycles. The lowest BCUT2D eigenvalue weighted by molar-refractivity contribution is -0.140. The number of hydrogen-bond donors (Lipinski definition) is 2. The first-order valence-electron chi connectivity index (χ1n) is 11.1. The number of allylic oxidation sites excluding steroid dienone is 2. The maximum Gasteiger partial charge on any atom is 0.305 e. The number of methoxy groups -OCH3 is 1. The molecule has 1 fully saturated rings. The van der Waals surface area contributed by atoms with Crippen LogP contribution in [-0.4, -0.2) is 41.3 Å². The molecule has 170 valence electrons. The van der Waals surface area contributed by atoms with Gasteiger partial charge in [-0.3, -0.25) is 9.59 Å². The highest BCUT2D eigenvalue weighted by atomic mass is 16.5. The minimum atomic E-state index is -0.812. The van der Waals surface area contributed by atoms with Crippen LogP contribution in [0, 0.1) is 17.3 Å². The number of aryl methyl sites for hydroxylation is 1. The van der Waals surface area contributed by atoms with Gasteiger partial charge in [0, 0.05) is 18.3 Å². The van der Waals surface area contributed by atoms with Crippen LogP contribution in [0.1, 0.15) is 51.5 Å². The van der Waals surface area contributed by atoms with Crippen molar-refractivity contribution in [2.45, 2.75) is 64.6 Å². The van der Waals surface area contributed by atoms with Gasteiger partial charge in [0.2, 0.25) is 0 Å². The van der Waals surface area contributed by atoms with Crippen molar-refractivity contribution in [1.82, 2.24) is 0 Å². The Kier molecular flexibility index (Phi) is 9.66. The zero-order chi connectivity index (χ0) is 22.9. The number of unbranched alkanes of at least 4 members (excludes halogenated alkanes) is 1. The number of aliphatic hydroxyl groups excluding tert-OH is 2. The van der Waals surface area contributed by atoms with E-state index in [0.29, 0.717) is 25.7 Å². The Morgan fingerprint density at radius 3 is 2.61 bits per heavy atom. The summed E-state index contributed by atoms with van der Waals surface area (Å²) in [5.41, 5.74) is 0.357. The van der Waals surface area contributed by atoms with Crippen LogP contribution in [0.3, 0.4) is 0 Å². The average molecular weight is 429 g/mol. The van der Waals surface area contributed by atoms with Crippen LogP contribution in [-0.2, 0) is 20.7 Å². The number of Topliss-reactive ketones (excluding diaryl/α,β-unsaturated/α-hetero) is 1. The van der Waals surface area contributed by atoms with Gasteiger partial charge in [-0.2, -0.15) is 0 Å². The first-order chi connectivity index (χ1) is 14.8. The van der Waals surface area contributed by atoms with Crippen LogP contribution >= 0.6 is 0 Å². The number of benzene rings is 1. The summed E-state index contributed by atoms with van der Waals surface area (Å²) in [7, 11) is 1.38. The lowest BCUT2D eigenvalue weighted by atomic mass is 9.86. The molecule has 0 heterocycles. The van der Waals surface area contributed by atoms with Gasteiger partial charge in [0.15, 0.2) is 0 Å². The topological polar surface area (TPSA) is 83.8 Å². The molecule has 2 rings (SSSR count). The second kappa shape index (κ2) is 12.0. The van der Waals surface area contributed by atoms with Gasteiger partial charge in [-0.05, 0) is 37.7 Å². The fraction of sp³-hybridized carbons (Fsp3) is 0.538. The Hall–Kier alpha value is -2.24. The summed E-state index contributed by atoms with van der Waals surface area (Å²) in [6, 6.07) is 9.99. The summed E-state index contributed by atoms with van der Waals surface area (Å²) in [4.78, 5) is 24.1. The van der Waals surface area contributed by atoms with E-state index in [1.54, 1.807) is 19.9 Å². The van der Waals surface area contributed by atoms with Gasteiger partial charge in [-0.25, -0.2) is 0 Å². The molecule has 1 aromatic rings. The highest BCUT2D eigenvalue weighted by Crippen LogP contribution is 2.44. The quantitative estimate of drug-likeness (QED) is 0.316. The molecule has 5 heteroatoms. The maximum absolute atomic E-state index is 12.9. The van der Waals surface area contributed by atoms with Crippen LogP contribution in [0.2, 0.25) is 0 Å². The molecular weight excluding hydrogens is 392 g/mol. The molecule has 4 unspecified atom stereocenters. The SMILES string of the molecule is COC(=O)CCCC=CCC1C(=O)C(C)(C)C(O)C1C=CC(O)CCc1ccccc1. The molecule has 2 N–H and O–H groups in total. The second-order valence-corrected chi connectivity index (χ2v) is 8.87. The van der Waals surface area contributed by atoms with E-state index in [-0.39, 0.29) is 23.6 Å². The van der Waals surface area contributed by atoms with E-state index in [1.165, 1.54) is 12.7 Å². The summed E-state index contributed by atoms with van der Waals surface area (Å²) in [5.74, 6) is -0.819. The van der Waals surface area contributed by atoms with Gasteiger partial charge < -0.3 is 14.9 Å². The smallest absolute Gasteiger partial charge is 0.305 e. The van der Waals surface area contributed by atoms with Crippen molar-refractivity contribution in [2.24, 2.45) is 17.3 Å². The molecule has 0 bridgehead atoms. The molecule has 0 aliphatic heterocycles. The third kappa shape index (κ3) is 7.15. The van der Waals surface area contributed by atoms with Crippen LogP contribution in [0.4, 0.5) is 0 Å². The van der Waals surface area contributed by atoms with Gasteiger partial charge in [0.25, 0.3) is 0 Å². The van der Waals surface area contributed by atoms with E-state index < -0.39 is 17.6 Å². The Labute approximate surface area is 185 Å². The number of hydrogen-bond acceptors (Lipinski definition) is 5. The van der Waals surface area contributed by atoms with Gasteiger partial charge in [-0.1, -0.05) is 68.5 Å². The van der Waals surface area contributed by atoms with Crippen molar-refractivity contribution < 1.29 is 24.5 Å². The predicted octanol–water partition coefficient (Wildman–Crippen LogP) is 4.03. The Bertz CT molecular complexity index is 765. The van der Waals surface area contributed by atoms with E-state index in [1.807, 2.05) is 48.6 Å². The van der Waals surface area contributed by atoms with Crippen molar-refractivity contribution in [3.05, 3.63) is 60.2 Å². The number of carbonyl (C=O) groups excluding carboxylic acids is 2. The average Bonchev–Trinajstić information content (AvgIpc) is 2.93. The number of carbonyl (C=O) groups is 2. The number of esters is 1. The summed E-state index contributed by atoms with van der Waals surface area (Å²) in [6.45, 7) is 3.57. The van der Waals surface area contributed by atoms with E-state index in [2.05, 4.69) is 4.74 Å². The number of ketones is 1. The van der Waals surface area contributed by atoms with Crippen LogP contribution in [0.25, 0.3) is 0 Å². The summed E-state index contributed by atoms with van der Waals surface area (Å²) < 4.78 is 4.63. The maximum atomic E-state index is 12.9. The normalized spacial score (nSPS) is 24.2. The Morgan fingerprint density at radius 1 is 1.23 bits per heavy atom. The zero-order valence-electron chi connectivity index (χ0n) is 18.9. The monoisotopic (exact) mass is 428 g/mol. The van der Waals surface area contributed by atoms with Crippen molar-refractivity contribution >= 4 is 11.8 Å². The molecule has 0 spiro atoms. The molecule has 1 aliphatic carbocycles. The molecule has 0 saturated heterocycles.